The first kappa shape index (κ1) is 35.8. The maximum atomic E-state index is 14.5. The summed E-state index contributed by atoms with van der Waals surface area (Å²) in [6.45, 7) is 12.0. The van der Waals surface area contributed by atoms with E-state index in [1.807, 2.05) is 60.7 Å². The van der Waals surface area contributed by atoms with Crippen molar-refractivity contribution in [3.8, 4) is 11.5 Å². The van der Waals surface area contributed by atoms with E-state index in [9.17, 15) is 13.6 Å². The number of alkyl halides is 2. The van der Waals surface area contributed by atoms with E-state index >= 15 is 0 Å². The third kappa shape index (κ3) is 10.5. The SMILES string of the molecule is CC(C)(C)[Si](C)(C)OC(CNCCc1ccc(OCC(F)(F)c2ccccc2)cc1)c1ccc(OCc2ccccc2)c(NC=O)c1. The van der Waals surface area contributed by atoms with E-state index in [1.165, 1.54) is 12.1 Å². The first-order valence-electron chi connectivity index (χ1n) is 15.9. The molecule has 1 unspecified atom stereocenters. The van der Waals surface area contributed by atoms with Gasteiger partial charge in [-0.05, 0) is 72.1 Å². The zero-order valence-electron chi connectivity index (χ0n) is 27.9. The molecule has 0 aliphatic heterocycles. The lowest BCUT2D eigenvalue weighted by molar-refractivity contribution is -0.105. The number of carbonyl (C=O) groups excluding carboxylic acids is 1. The second-order valence-corrected chi connectivity index (χ2v) is 17.9. The molecule has 0 aliphatic carbocycles. The quantitative estimate of drug-likeness (QED) is 0.0673. The molecule has 4 aromatic carbocycles. The van der Waals surface area contributed by atoms with Gasteiger partial charge in [-0.3, -0.25) is 4.79 Å². The van der Waals surface area contributed by atoms with Crippen LogP contribution in [0.4, 0.5) is 14.5 Å². The van der Waals surface area contributed by atoms with Crippen LogP contribution in [0.1, 0.15) is 49.1 Å². The molecule has 0 radical (unpaired) electrons. The molecule has 0 bridgehead atoms. The Labute approximate surface area is 278 Å². The van der Waals surface area contributed by atoms with Crippen molar-refractivity contribution in [1.82, 2.24) is 5.32 Å². The predicted octanol–water partition coefficient (Wildman–Crippen LogP) is 8.90. The van der Waals surface area contributed by atoms with Crippen LogP contribution in [0.2, 0.25) is 18.1 Å². The lowest BCUT2D eigenvalue weighted by Gasteiger charge is -2.39. The normalized spacial score (nSPS) is 12.7. The highest BCUT2D eigenvalue weighted by molar-refractivity contribution is 6.74. The highest BCUT2D eigenvalue weighted by Gasteiger charge is 2.39. The molecule has 0 heterocycles. The molecule has 0 aliphatic rings. The second-order valence-electron chi connectivity index (χ2n) is 13.1. The maximum Gasteiger partial charge on any atom is 0.306 e. The molecule has 0 saturated heterocycles. The molecule has 0 aromatic heterocycles. The highest BCUT2D eigenvalue weighted by Crippen LogP contribution is 2.40. The number of nitrogens with one attached hydrogen (secondary N) is 2. The van der Waals surface area contributed by atoms with Gasteiger partial charge in [-0.25, -0.2) is 0 Å². The van der Waals surface area contributed by atoms with Gasteiger partial charge in [0, 0.05) is 12.1 Å². The fraction of sp³-hybridized carbons (Fsp3) is 0.342. The van der Waals surface area contributed by atoms with E-state index in [0.29, 0.717) is 43.3 Å². The minimum absolute atomic E-state index is 0.00272. The van der Waals surface area contributed by atoms with Crippen LogP contribution in [0, 0.1) is 0 Å². The van der Waals surface area contributed by atoms with E-state index in [1.54, 1.807) is 30.3 Å². The minimum Gasteiger partial charge on any atom is -0.487 e. The van der Waals surface area contributed by atoms with E-state index < -0.39 is 20.8 Å². The highest BCUT2D eigenvalue weighted by atomic mass is 28.4. The van der Waals surface area contributed by atoms with E-state index in [4.69, 9.17) is 13.9 Å². The van der Waals surface area contributed by atoms with Crippen molar-refractivity contribution in [1.29, 1.82) is 0 Å². The van der Waals surface area contributed by atoms with Crippen LogP contribution in [0.15, 0.2) is 103 Å². The Kier molecular flexibility index (Phi) is 12.3. The number of hydrogen-bond donors (Lipinski definition) is 2. The Morgan fingerprint density at radius 2 is 1.49 bits per heavy atom. The van der Waals surface area contributed by atoms with E-state index in [-0.39, 0.29) is 16.7 Å². The Balaban J connectivity index is 1.38. The summed E-state index contributed by atoms with van der Waals surface area (Å²) in [5.74, 6) is -2.09. The van der Waals surface area contributed by atoms with Crippen LogP contribution in [0.25, 0.3) is 0 Å². The predicted molar refractivity (Wildman–Crippen MR) is 187 cm³/mol. The Bertz CT molecular complexity index is 1550. The number of halogens is 2. The number of anilines is 1. The second kappa shape index (κ2) is 16.2. The third-order valence-corrected chi connectivity index (χ3v) is 13.0. The molecule has 0 fully saturated rings. The summed E-state index contributed by atoms with van der Waals surface area (Å²) in [7, 11) is -2.16. The van der Waals surface area contributed by atoms with Crippen molar-refractivity contribution >= 4 is 20.4 Å². The number of ether oxygens (including phenoxy) is 2. The fourth-order valence-corrected chi connectivity index (χ4v) is 5.99. The zero-order chi connectivity index (χ0) is 33.9. The number of hydrogen-bond acceptors (Lipinski definition) is 5. The zero-order valence-corrected chi connectivity index (χ0v) is 28.9. The van der Waals surface area contributed by atoms with Gasteiger partial charge < -0.3 is 24.5 Å². The Hall–Kier alpha value is -4.05. The minimum atomic E-state index is -3.08. The average molecular weight is 661 g/mol. The molecule has 1 atom stereocenters. The van der Waals surface area contributed by atoms with Crippen LogP contribution in [-0.2, 0) is 28.2 Å². The molecule has 47 heavy (non-hydrogen) atoms. The molecule has 9 heteroatoms. The summed E-state index contributed by atoms with van der Waals surface area (Å²) in [5.41, 5.74) is 3.54. The van der Waals surface area contributed by atoms with Crippen molar-refractivity contribution in [2.24, 2.45) is 0 Å². The number of amides is 1. The number of benzene rings is 4. The summed E-state index contributed by atoms with van der Waals surface area (Å²) >= 11 is 0. The van der Waals surface area contributed by atoms with Gasteiger partial charge in [0.25, 0.3) is 0 Å². The van der Waals surface area contributed by atoms with Crippen LogP contribution in [-0.4, -0.2) is 34.4 Å². The summed E-state index contributed by atoms with van der Waals surface area (Å²) in [4.78, 5) is 11.5. The third-order valence-electron chi connectivity index (χ3n) is 8.53. The molecule has 2 N–H and O–H groups in total. The molecule has 6 nitrogen and oxygen atoms in total. The molecule has 4 aromatic rings. The lowest BCUT2D eigenvalue weighted by atomic mass is 10.1. The van der Waals surface area contributed by atoms with Crippen LogP contribution >= 0.6 is 0 Å². The van der Waals surface area contributed by atoms with Gasteiger partial charge in [0.2, 0.25) is 6.41 Å². The summed E-state index contributed by atoms with van der Waals surface area (Å²) in [5, 5.41) is 6.34. The van der Waals surface area contributed by atoms with Crippen LogP contribution in [0.5, 0.6) is 11.5 Å². The van der Waals surface area contributed by atoms with Crippen molar-refractivity contribution in [2.45, 2.75) is 64.0 Å². The average Bonchev–Trinajstić information content (AvgIpc) is 3.05. The van der Waals surface area contributed by atoms with Crippen LogP contribution in [0.3, 0.4) is 0 Å². The molecular formula is C38H46F2N2O4Si. The van der Waals surface area contributed by atoms with Gasteiger partial charge in [-0.2, -0.15) is 8.78 Å². The Morgan fingerprint density at radius 1 is 0.830 bits per heavy atom. The summed E-state index contributed by atoms with van der Waals surface area (Å²) in [6.07, 6.45) is 1.13. The maximum absolute atomic E-state index is 14.5. The van der Waals surface area contributed by atoms with Gasteiger partial charge >= 0.3 is 5.92 Å². The van der Waals surface area contributed by atoms with E-state index in [2.05, 4.69) is 44.5 Å². The number of rotatable bonds is 17. The van der Waals surface area contributed by atoms with Crippen molar-refractivity contribution in [3.05, 3.63) is 125 Å². The molecule has 0 spiro atoms. The van der Waals surface area contributed by atoms with E-state index in [0.717, 1.165) is 23.1 Å². The van der Waals surface area contributed by atoms with Gasteiger partial charge in [0.1, 0.15) is 18.1 Å². The largest absolute Gasteiger partial charge is 0.487 e. The molecule has 0 saturated carbocycles. The smallest absolute Gasteiger partial charge is 0.306 e. The van der Waals surface area contributed by atoms with Crippen molar-refractivity contribution < 1.29 is 27.5 Å². The molecular weight excluding hydrogens is 615 g/mol. The van der Waals surface area contributed by atoms with Gasteiger partial charge in [-0.1, -0.05) is 99.6 Å². The van der Waals surface area contributed by atoms with Crippen LogP contribution < -0.4 is 20.1 Å². The van der Waals surface area contributed by atoms with Gasteiger partial charge in [0.15, 0.2) is 14.9 Å². The Morgan fingerprint density at radius 3 is 2.13 bits per heavy atom. The van der Waals surface area contributed by atoms with Crippen molar-refractivity contribution in [3.63, 3.8) is 0 Å². The topological polar surface area (TPSA) is 68.8 Å². The van der Waals surface area contributed by atoms with Gasteiger partial charge in [-0.15, -0.1) is 0 Å². The molecule has 1 amide bonds. The first-order valence-corrected chi connectivity index (χ1v) is 18.8. The first-order chi connectivity index (χ1) is 22.4. The van der Waals surface area contributed by atoms with Crippen molar-refractivity contribution in [2.75, 3.05) is 25.0 Å². The fourth-order valence-electron chi connectivity index (χ4n) is 4.70. The monoisotopic (exact) mass is 660 g/mol. The summed E-state index contributed by atoms with van der Waals surface area (Å²) in [6, 6.07) is 30.6. The molecule has 250 valence electrons. The van der Waals surface area contributed by atoms with Gasteiger partial charge in [0.05, 0.1) is 11.8 Å². The number of carbonyl (C=O) groups is 1. The lowest BCUT2D eigenvalue weighted by Crippen LogP contribution is -2.43. The standard InChI is InChI=1S/C38H46F2N2O4Si/c1-37(2,3)47(4,5)46-36(31-18-21-35(34(24-31)42-28-43)44-26-30-12-8-6-9-13-30)25-41-23-22-29-16-19-33(20-17-29)45-27-38(39,40)32-14-10-7-11-15-32/h6-21,24,28,36,41H,22-23,25-27H2,1-5H3,(H,42,43). The molecule has 4 rings (SSSR count). The summed E-state index contributed by atoms with van der Waals surface area (Å²) < 4.78 is 47.4.